The van der Waals surface area contributed by atoms with Crippen molar-refractivity contribution in [2.24, 2.45) is 0 Å². The lowest BCUT2D eigenvalue weighted by Gasteiger charge is -2.12. The molecule has 0 radical (unpaired) electrons. The van der Waals surface area contributed by atoms with E-state index in [1.54, 1.807) is 0 Å². The molecule has 3 rings (SSSR count). The minimum Gasteiger partial charge on any atom is -0.493 e. The number of fused-ring (bicyclic) bond motifs is 1. The second-order valence-electron chi connectivity index (χ2n) is 5.04. The Kier molecular flexibility index (Phi) is 3.30. The summed E-state index contributed by atoms with van der Waals surface area (Å²) in [6.07, 6.45) is 0.970. The van der Waals surface area contributed by atoms with Crippen LogP contribution in [0.1, 0.15) is 23.9 Å². The van der Waals surface area contributed by atoms with E-state index in [1.165, 1.54) is 5.56 Å². The Balaban J connectivity index is 2.10. The third-order valence-electron chi connectivity index (χ3n) is 3.61. The first-order valence-corrected chi connectivity index (χ1v) is 7.04. The van der Waals surface area contributed by atoms with Crippen molar-refractivity contribution in [2.75, 3.05) is 18.5 Å². The van der Waals surface area contributed by atoms with E-state index < -0.39 is 0 Å². The Morgan fingerprint density at radius 1 is 1.20 bits per heavy atom. The fourth-order valence-electron chi connectivity index (χ4n) is 2.43. The summed E-state index contributed by atoms with van der Waals surface area (Å²) in [7, 11) is 0. The zero-order valence-corrected chi connectivity index (χ0v) is 12.2. The van der Waals surface area contributed by atoms with Gasteiger partial charge in [0.25, 0.3) is 0 Å². The summed E-state index contributed by atoms with van der Waals surface area (Å²) < 4.78 is 5.56. The summed E-state index contributed by atoms with van der Waals surface area (Å²) in [4.78, 5) is 9.35. The summed E-state index contributed by atoms with van der Waals surface area (Å²) >= 11 is 0. The first-order valence-electron chi connectivity index (χ1n) is 7.04. The van der Waals surface area contributed by atoms with Gasteiger partial charge in [-0.2, -0.15) is 0 Å². The first-order chi connectivity index (χ1) is 9.69. The molecule has 4 heteroatoms. The van der Waals surface area contributed by atoms with E-state index >= 15 is 0 Å². The Morgan fingerprint density at radius 2 is 2.00 bits per heavy atom. The van der Waals surface area contributed by atoms with Crippen LogP contribution < -0.4 is 10.1 Å². The van der Waals surface area contributed by atoms with Crippen LogP contribution >= 0.6 is 0 Å². The molecule has 0 amide bonds. The molecule has 0 atom stereocenters. The molecule has 2 aromatic rings. The van der Waals surface area contributed by atoms with Crippen molar-refractivity contribution in [3.8, 4) is 17.0 Å². The summed E-state index contributed by atoms with van der Waals surface area (Å²) in [5, 5.41) is 3.31. The molecule has 0 saturated heterocycles. The maximum Gasteiger partial charge on any atom is 0.152 e. The number of hydrogen-bond acceptors (Lipinski definition) is 4. The summed E-state index contributed by atoms with van der Waals surface area (Å²) in [5.74, 6) is 1.85. The van der Waals surface area contributed by atoms with E-state index in [1.807, 2.05) is 19.9 Å². The molecule has 104 valence electrons. The van der Waals surface area contributed by atoms with Crippen molar-refractivity contribution >= 4 is 5.82 Å². The minimum atomic E-state index is 0.775. The number of nitrogens with one attached hydrogen (secondary N) is 1. The Bertz CT molecular complexity index is 652. The predicted molar refractivity (Wildman–Crippen MR) is 80.3 cm³/mol. The third kappa shape index (κ3) is 2.22. The molecule has 1 N–H and O–H groups in total. The van der Waals surface area contributed by atoms with Crippen LogP contribution in [0.2, 0.25) is 0 Å². The van der Waals surface area contributed by atoms with Gasteiger partial charge in [0.15, 0.2) is 5.82 Å². The quantitative estimate of drug-likeness (QED) is 0.930. The zero-order chi connectivity index (χ0) is 14.1. The summed E-state index contributed by atoms with van der Waals surface area (Å²) in [5.41, 5.74) is 5.21. The van der Waals surface area contributed by atoms with Gasteiger partial charge in [0.05, 0.1) is 18.0 Å². The number of benzene rings is 1. The molecule has 4 nitrogen and oxygen atoms in total. The molecule has 0 fully saturated rings. The van der Waals surface area contributed by atoms with Crippen molar-refractivity contribution in [1.82, 2.24) is 9.97 Å². The highest BCUT2D eigenvalue weighted by Gasteiger charge is 2.16. The van der Waals surface area contributed by atoms with Crippen molar-refractivity contribution in [2.45, 2.75) is 27.2 Å². The van der Waals surface area contributed by atoms with E-state index in [0.717, 1.165) is 53.8 Å². The monoisotopic (exact) mass is 269 g/mol. The number of ether oxygens (including phenoxy) is 1. The SMILES string of the molecule is CCNc1nc(C)c(C)nc1-c1ccc2c(c1)CCO2. The maximum atomic E-state index is 5.56. The number of anilines is 1. The van der Waals surface area contributed by atoms with Crippen LogP contribution in [0.5, 0.6) is 5.75 Å². The number of aryl methyl sites for hydroxylation is 2. The number of rotatable bonds is 3. The fraction of sp³-hybridized carbons (Fsp3) is 0.375. The lowest BCUT2D eigenvalue weighted by atomic mass is 10.1. The second kappa shape index (κ2) is 5.12. The van der Waals surface area contributed by atoms with Gasteiger partial charge in [-0.05, 0) is 44.5 Å². The van der Waals surface area contributed by atoms with Gasteiger partial charge >= 0.3 is 0 Å². The molecule has 1 aliphatic heterocycles. The summed E-state index contributed by atoms with van der Waals surface area (Å²) in [6, 6.07) is 6.26. The average Bonchev–Trinajstić information content (AvgIpc) is 2.90. The molecule has 20 heavy (non-hydrogen) atoms. The molecule has 0 bridgehead atoms. The topological polar surface area (TPSA) is 47.0 Å². The fourth-order valence-corrected chi connectivity index (χ4v) is 2.43. The highest BCUT2D eigenvalue weighted by atomic mass is 16.5. The standard InChI is InChI=1S/C16H19N3O/c1-4-17-16-15(18-10(2)11(3)19-16)13-5-6-14-12(9-13)7-8-20-14/h5-6,9H,4,7-8H2,1-3H3,(H,17,19). The molecule has 1 aromatic carbocycles. The molecular formula is C16H19N3O. The highest BCUT2D eigenvalue weighted by Crippen LogP contribution is 2.32. The van der Waals surface area contributed by atoms with Crippen LogP contribution in [-0.2, 0) is 6.42 Å². The van der Waals surface area contributed by atoms with Crippen LogP contribution in [-0.4, -0.2) is 23.1 Å². The van der Waals surface area contributed by atoms with Gasteiger partial charge in [0.2, 0.25) is 0 Å². The molecule has 2 heterocycles. The van der Waals surface area contributed by atoms with Crippen LogP contribution in [0.4, 0.5) is 5.82 Å². The molecular weight excluding hydrogens is 250 g/mol. The zero-order valence-electron chi connectivity index (χ0n) is 12.2. The number of nitrogens with zero attached hydrogens (tertiary/aromatic N) is 2. The predicted octanol–water partition coefficient (Wildman–Crippen LogP) is 3.13. The van der Waals surface area contributed by atoms with Crippen LogP contribution in [0.3, 0.4) is 0 Å². The smallest absolute Gasteiger partial charge is 0.152 e. The average molecular weight is 269 g/mol. The lowest BCUT2D eigenvalue weighted by molar-refractivity contribution is 0.357. The molecule has 1 aliphatic rings. The van der Waals surface area contributed by atoms with Crippen LogP contribution in [0, 0.1) is 13.8 Å². The van der Waals surface area contributed by atoms with E-state index in [9.17, 15) is 0 Å². The lowest BCUT2D eigenvalue weighted by Crippen LogP contribution is -2.06. The Hall–Kier alpha value is -2.10. The normalized spacial score (nSPS) is 12.9. The second-order valence-corrected chi connectivity index (χ2v) is 5.04. The van der Waals surface area contributed by atoms with Crippen LogP contribution in [0.15, 0.2) is 18.2 Å². The summed E-state index contributed by atoms with van der Waals surface area (Å²) in [6.45, 7) is 7.66. The maximum absolute atomic E-state index is 5.56. The van der Waals surface area contributed by atoms with E-state index in [-0.39, 0.29) is 0 Å². The molecule has 1 aromatic heterocycles. The van der Waals surface area contributed by atoms with E-state index in [2.05, 4.69) is 29.4 Å². The number of hydrogen-bond donors (Lipinski definition) is 1. The van der Waals surface area contributed by atoms with Gasteiger partial charge in [-0.25, -0.2) is 9.97 Å². The third-order valence-corrected chi connectivity index (χ3v) is 3.61. The van der Waals surface area contributed by atoms with Crippen molar-refractivity contribution in [3.05, 3.63) is 35.2 Å². The van der Waals surface area contributed by atoms with Gasteiger partial charge in [0, 0.05) is 18.5 Å². The van der Waals surface area contributed by atoms with Gasteiger partial charge in [-0.1, -0.05) is 0 Å². The highest BCUT2D eigenvalue weighted by molar-refractivity contribution is 5.73. The van der Waals surface area contributed by atoms with Gasteiger partial charge in [-0.15, -0.1) is 0 Å². The number of aromatic nitrogens is 2. The van der Waals surface area contributed by atoms with Crippen molar-refractivity contribution in [1.29, 1.82) is 0 Å². The first kappa shape index (κ1) is 12.9. The Labute approximate surface area is 119 Å². The van der Waals surface area contributed by atoms with Crippen molar-refractivity contribution < 1.29 is 4.74 Å². The molecule has 0 unspecified atom stereocenters. The van der Waals surface area contributed by atoms with Gasteiger partial charge in [0.1, 0.15) is 11.4 Å². The van der Waals surface area contributed by atoms with E-state index in [4.69, 9.17) is 9.72 Å². The van der Waals surface area contributed by atoms with Gasteiger partial charge < -0.3 is 10.1 Å². The Morgan fingerprint density at radius 3 is 2.80 bits per heavy atom. The van der Waals surface area contributed by atoms with Crippen molar-refractivity contribution in [3.63, 3.8) is 0 Å². The minimum absolute atomic E-state index is 0.775. The molecule has 0 saturated carbocycles. The molecule has 0 aliphatic carbocycles. The largest absolute Gasteiger partial charge is 0.493 e. The van der Waals surface area contributed by atoms with Gasteiger partial charge in [-0.3, -0.25) is 0 Å². The van der Waals surface area contributed by atoms with Crippen LogP contribution in [0.25, 0.3) is 11.3 Å². The molecule has 0 spiro atoms. The van der Waals surface area contributed by atoms with E-state index in [0.29, 0.717) is 0 Å².